The molecule has 1 fully saturated rings. The van der Waals surface area contributed by atoms with Gasteiger partial charge in [-0.05, 0) is 44.0 Å². The maximum atomic E-state index is 12.8. The van der Waals surface area contributed by atoms with Crippen LogP contribution in [-0.2, 0) is 14.8 Å². The zero-order chi connectivity index (χ0) is 21.7. The molecule has 0 saturated carbocycles. The van der Waals surface area contributed by atoms with Crippen molar-refractivity contribution in [3.8, 4) is 0 Å². The third-order valence-electron chi connectivity index (χ3n) is 4.95. The lowest BCUT2D eigenvalue weighted by Gasteiger charge is -2.30. The summed E-state index contributed by atoms with van der Waals surface area (Å²) < 4.78 is 26.9. The van der Waals surface area contributed by atoms with E-state index in [1.807, 2.05) is 0 Å². The largest absolute Gasteiger partial charge is 0.295 e. The van der Waals surface area contributed by atoms with Gasteiger partial charge in [-0.25, -0.2) is 8.42 Å². The molecule has 0 spiro atoms. The van der Waals surface area contributed by atoms with Crippen LogP contribution in [0.2, 0.25) is 0 Å². The Morgan fingerprint density at radius 3 is 2.23 bits per heavy atom. The van der Waals surface area contributed by atoms with Crippen molar-refractivity contribution in [2.45, 2.75) is 24.7 Å². The Morgan fingerprint density at radius 1 is 1.00 bits per heavy atom. The van der Waals surface area contributed by atoms with E-state index in [1.54, 1.807) is 12.1 Å². The van der Waals surface area contributed by atoms with Crippen LogP contribution in [0.4, 0.5) is 0 Å². The molecule has 3 rings (SSSR count). The highest BCUT2D eigenvalue weighted by molar-refractivity contribution is 7.89. The number of hydrogen-bond acceptors (Lipinski definition) is 6. The Bertz CT molecular complexity index is 1030. The predicted molar refractivity (Wildman–Crippen MR) is 108 cm³/mol. The number of nitrogens with one attached hydrogen (secondary N) is 2. The quantitative estimate of drug-likeness (QED) is 0.541. The molecule has 158 valence electrons. The average molecular weight is 430 g/mol. The van der Waals surface area contributed by atoms with E-state index >= 15 is 0 Å². The number of piperidine rings is 1. The minimum Gasteiger partial charge on any atom is -0.295 e. The van der Waals surface area contributed by atoms with Gasteiger partial charge in [-0.1, -0.05) is 12.1 Å². The smallest absolute Gasteiger partial charge is 0.271 e. The van der Waals surface area contributed by atoms with Gasteiger partial charge in [0.25, 0.3) is 5.91 Å². The first-order chi connectivity index (χ1) is 14.3. The van der Waals surface area contributed by atoms with Crippen molar-refractivity contribution < 1.29 is 22.8 Å². The van der Waals surface area contributed by atoms with Gasteiger partial charge < -0.3 is 0 Å². The normalized spacial score (nSPS) is 15.4. The van der Waals surface area contributed by atoms with Crippen molar-refractivity contribution in [3.05, 3.63) is 59.9 Å². The first kappa shape index (κ1) is 21.6. The molecule has 0 aliphatic carbocycles. The van der Waals surface area contributed by atoms with Gasteiger partial charge >= 0.3 is 0 Å². The van der Waals surface area contributed by atoms with Gasteiger partial charge in [0.15, 0.2) is 5.78 Å². The number of aromatic nitrogens is 1. The Kier molecular flexibility index (Phi) is 6.58. The zero-order valence-corrected chi connectivity index (χ0v) is 17.2. The molecular formula is C20H22N4O5S. The molecule has 9 nitrogen and oxygen atoms in total. The van der Waals surface area contributed by atoms with Gasteiger partial charge in [0.2, 0.25) is 15.9 Å². The van der Waals surface area contributed by atoms with E-state index in [4.69, 9.17) is 0 Å². The van der Waals surface area contributed by atoms with Gasteiger partial charge in [-0.2, -0.15) is 4.31 Å². The van der Waals surface area contributed by atoms with Crippen LogP contribution in [0.15, 0.2) is 53.7 Å². The number of carbonyl (C=O) groups excluding carboxylic acids is 3. The third-order valence-corrected chi connectivity index (χ3v) is 6.86. The summed E-state index contributed by atoms with van der Waals surface area (Å²) in [7, 11) is -3.70. The minimum atomic E-state index is -3.70. The zero-order valence-electron chi connectivity index (χ0n) is 16.4. The number of amides is 2. The maximum Gasteiger partial charge on any atom is 0.271 e. The van der Waals surface area contributed by atoms with Gasteiger partial charge in [-0.3, -0.25) is 30.2 Å². The van der Waals surface area contributed by atoms with Gasteiger partial charge in [0.1, 0.15) is 0 Å². The summed E-state index contributed by atoms with van der Waals surface area (Å²) in [6, 6.07) is 8.99. The lowest BCUT2D eigenvalue weighted by atomic mass is 9.98. The summed E-state index contributed by atoms with van der Waals surface area (Å²) in [6.07, 6.45) is 3.58. The molecule has 1 saturated heterocycles. The summed E-state index contributed by atoms with van der Waals surface area (Å²) in [5.41, 5.74) is 5.48. The van der Waals surface area contributed by atoms with E-state index in [1.165, 1.54) is 47.9 Å². The monoisotopic (exact) mass is 430 g/mol. The number of nitrogens with zero attached hydrogens (tertiary/aromatic N) is 2. The Morgan fingerprint density at radius 2 is 1.67 bits per heavy atom. The molecule has 1 aliphatic rings. The highest BCUT2D eigenvalue weighted by Crippen LogP contribution is 2.24. The van der Waals surface area contributed by atoms with Crippen molar-refractivity contribution in [3.63, 3.8) is 0 Å². The van der Waals surface area contributed by atoms with Crippen LogP contribution in [0.1, 0.15) is 40.5 Å². The fourth-order valence-electron chi connectivity index (χ4n) is 3.16. The van der Waals surface area contributed by atoms with Crippen molar-refractivity contribution in [2.75, 3.05) is 13.1 Å². The fourth-order valence-corrected chi connectivity index (χ4v) is 4.63. The van der Waals surface area contributed by atoms with Crippen molar-refractivity contribution >= 4 is 27.6 Å². The number of ketones is 1. The Labute approximate surface area is 174 Å². The second-order valence-electron chi connectivity index (χ2n) is 6.94. The summed E-state index contributed by atoms with van der Waals surface area (Å²) in [4.78, 5) is 39.6. The van der Waals surface area contributed by atoms with Crippen LogP contribution < -0.4 is 10.9 Å². The lowest BCUT2D eigenvalue weighted by molar-refractivity contribution is -0.126. The molecule has 1 aromatic heterocycles. The molecule has 0 atom stereocenters. The SMILES string of the molecule is CC(=O)c1ccc(S(=O)(=O)N2CCC(C(=O)NNC(=O)c3cccnc3)CC2)cc1. The minimum absolute atomic E-state index is 0.110. The number of sulfonamides is 1. The summed E-state index contributed by atoms with van der Waals surface area (Å²) in [5.74, 6) is -1.40. The first-order valence-corrected chi connectivity index (χ1v) is 10.8. The molecule has 30 heavy (non-hydrogen) atoms. The number of rotatable bonds is 5. The number of hydrazine groups is 1. The maximum absolute atomic E-state index is 12.8. The number of pyridine rings is 1. The van der Waals surface area contributed by atoms with E-state index in [0.29, 0.717) is 24.0 Å². The highest BCUT2D eigenvalue weighted by Gasteiger charge is 2.32. The van der Waals surface area contributed by atoms with Gasteiger partial charge in [0.05, 0.1) is 10.5 Å². The molecule has 10 heteroatoms. The number of Topliss-reactive ketones (excluding diaryl/α,β-unsaturated/α-hetero) is 1. The van der Waals surface area contributed by atoms with Crippen LogP contribution in [0.3, 0.4) is 0 Å². The second kappa shape index (κ2) is 9.14. The predicted octanol–water partition coefficient (Wildman–Crippen LogP) is 1.15. The summed E-state index contributed by atoms with van der Waals surface area (Å²) in [5, 5.41) is 0. The van der Waals surface area contributed by atoms with Crippen molar-refractivity contribution in [2.24, 2.45) is 5.92 Å². The summed E-state index contributed by atoms with van der Waals surface area (Å²) in [6.45, 7) is 1.79. The molecule has 2 heterocycles. The van der Waals surface area contributed by atoms with Gasteiger partial charge in [-0.15, -0.1) is 0 Å². The van der Waals surface area contributed by atoms with E-state index in [-0.39, 0.29) is 29.7 Å². The van der Waals surface area contributed by atoms with Crippen molar-refractivity contribution in [1.82, 2.24) is 20.1 Å². The molecular weight excluding hydrogens is 408 g/mol. The summed E-state index contributed by atoms with van der Waals surface area (Å²) >= 11 is 0. The Hall–Kier alpha value is -3.11. The Balaban J connectivity index is 1.54. The topological polar surface area (TPSA) is 126 Å². The number of hydrogen-bond donors (Lipinski definition) is 2. The van der Waals surface area contributed by atoms with Crippen molar-refractivity contribution in [1.29, 1.82) is 0 Å². The molecule has 0 unspecified atom stereocenters. The fraction of sp³-hybridized carbons (Fsp3) is 0.300. The van der Waals surface area contributed by atoms with Crippen LogP contribution in [0, 0.1) is 5.92 Å². The molecule has 1 aliphatic heterocycles. The first-order valence-electron chi connectivity index (χ1n) is 9.40. The second-order valence-corrected chi connectivity index (χ2v) is 8.88. The standard InChI is InChI=1S/C20H22N4O5S/c1-14(25)15-4-6-18(7-5-15)30(28,29)24-11-8-16(9-12-24)19(26)22-23-20(27)17-3-2-10-21-13-17/h2-7,10,13,16H,8-9,11-12H2,1H3,(H,22,26)(H,23,27). The van der Waals surface area contributed by atoms with E-state index in [0.717, 1.165) is 0 Å². The lowest BCUT2D eigenvalue weighted by Crippen LogP contribution is -2.48. The molecule has 0 bridgehead atoms. The van der Waals surface area contributed by atoms with Gasteiger partial charge in [0, 0.05) is 37.0 Å². The average Bonchev–Trinajstić information content (AvgIpc) is 2.78. The van der Waals surface area contributed by atoms with Crippen LogP contribution in [-0.4, -0.2) is 48.4 Å². The highest BCUT2D eigenvalue weighted by atomic mass is 32.2. The number of carbonyl (C=O) groups is 3. The molecule has 0 radical (unpaired) electrons. The van der Waals surface area contributed by atoms with E-state index in [2.05, 4.69) is 15.8 Å². The van der Waals surface area contributed by atoms with Crippen LogP contribution >= 0.6 is 0 Å². The van der Waals surface area contributed by atoms with Crippen LogP contribution in [0.5, 0.6) is 0 Å². The molecule has 1 aromatic carbocycles. The number of benzene rings is 1. The van der Waals surface area contributed by atoms with Crippen LogP contribution in [0.25, 0.3) is 0 Å². The van der Waals surface area contributed by atoms with E-state index < -0.39 is 21.8 Å². The molecule has 2 aromatic rings. The third kappa shape index (κ3) is 4.89. The molecule has 2 N–H and O–H groups in total. The molecule has 2 amide bonds. The van der Waals surface area contributed by atoms with E-state index in [9.17, 15) is 22.8 Å².